The first-order chi connectivity index (χ1) is 14.5. The van der Waals surface area contributed by atoms with Gasteiger partial charge in [-0.1, -0.05) is 48.5 Å². The highest BCUT2D eigenvalue weighted by Crippen LogP contribution is 2.19. The molecule has 2 N–H and O–H groups in total. The van der Waals surface area contributed by atoms with Gasteiger partial charge in [-0.2, -0.15) is 0 Å². The fraction of sp³-hybridized carbons (Fsp3) is 0.200. The number of nitrogens with one attached hydrogen (secondary N) is 2. The summed E-state index contributed by atoms with van der Waals surface area (Å²) in [5, 5.41) is 5.71. The molecule has 0 aliphatic carbocycles. The Morgan fingerprint density at radius 1 is 0.833 bits per heavy atom. The molecule has 0 bridgehead atoms. The van der Waals surface area contributed by atoms with Gasteiger partial charge in [-0.25, -0.2) is 0 Å². The monoisotopic (exact) mass is 402 g/mol. The van der Waals surface area contributed by atoms with Crippen molar-refractivity contribution >= 4 is 23.2 Å². The standard InChI is InChI=1S/C25H26N2O3/c1-18-8-6-7-11-23(18)30-19(2)25(29)27-22-15-13-21(14-16-22)26-24(28)17-12-20-9-4-3-5-10-20/h3-11,13-16,19H,12,17H2,1-2H3,(H,26,28)(H,27,29). The number of hydrogen-bond acceptors (Lipinski definition) is 3. The molecule has 0 aromatic heterocycles. The van der Waals surface area contributed by atoms with Gasteiger partial charge in [-0.3, -0.25) is 9.59 Å². The third-order valence-electron chi connectivity index (χ3n) is 4.69. The Morgan fingerprint density at radius 2 is 1.43 bits per heavy atom. The molecule has 0 heterocycles. The minimum atomic E-state index is -0.636. The predicted molar refractivity (Wildman–Crippen MR) is 120 cm³/mol. The highest BCUT2D eigenvalue weighted by atomic mass is 16.5. The van der Waals surface area contributed by atoms with Crippen molar-refractivity contribution in [2.75, 3.05) is 10.6 Å². The first-order valence-corrected chi connectivity index (χ1v) is 9.98. The topological polar surface area (TPSA) is 67.4 Å². The van der Waals surface area contributed by atoms with Gasteiger partial charge in [-0.05, 0) is 61.7 Å². The van der Waals surface area contributed by atoms with E-state index in [1.807, 2.05) is 61.5 Å². The SMILES string of the molecule is Cc1ccccc1OC(C)C(=O)Nc1ccc(NC(=O)CCc2ccccc2)cc1. The Balaban J connectivity index is 1.48. The number of hydrogen-bond donors (Lipinski definition) is 2. The molecule has 1 atom stereocenters. The van der Waals surface area contributed by atoms with E-state index < -0.39 is 6.10 Å². The highest BCUT2D eigenvalue weighted by molar-refractivity contribution is 5.95. The number of para-hydroxylation sites is 1. The fourth-order valence-corrected chi connectivity index (χ4v) is 2.94. The van der Waals surface area contributed by atoms with E-state index in [1.54, 1.807) is 31.2 Å². The van der Waals surface area contributed by atoms with Crippen LogP contribution in [-0.2, 0) is 16.0 Å². The molecule has 1 unspecified atom stereocenters. The summed E-state index contributed by atoms with van der Waals surface area (Å²) in [5.41, 5.74) is 3.44. The van der Waals surface area contributed by atoms with Gasteiger partial charge in [0.05, 0.1) is 0 Å². The smallest absolute Gasteiger partial charge is 0.265 e. The number of rotatable bonds is 8. The quantitative estimate of drug-likeness (QED) is 0.559. The van der Waals surface area contributed by atoms with Gasteiger partial charge in [0.1, 0.15) is 5.75 Å². The second kappa shape index (κ2) is 10.3. The average molecular weight is 402 g/mol. The first kappa shape index (κ1) is 21.1. The maximum atomic E-state index is 12.4. The number of aryl methyl sites for hydroxylation is 2. The minimum Gasteiger partial charge on any atom is -0.481 e. The average Bonchev–Trinajstić information content (AvgIpc) is 2.76. The summed E-state index contributed by atoms with van der Waals surface area (Å²) in [6.45, 7) is 3.65. The Kier molecular flexibility index (Phi) is 7.22. The molecule has 30 heavy (non-hydrogen) atoms. The van der Waals surface area contributed by atoms with Crippen LogP contribution in [-0.4, -0.2) is 17.9 Å². The third-order valence-corrected chi connectivity index (χ3v) is 4.69. The van der Waals surface area contributed by atoms with Crippen LogP contribution in [0.1, 0.15) is 24.5 Å². The van der Waals surface area contributed by atoms with Crippen molar-refractivity contribution in [2.24, 2.45) is 0 Å². The number of anilines is 2. The van der Waals surface area contributed by atoms with Crippen LogP contribution in [0.3, 0.4) is 0 Å². The van der Waals surface area contributed by atoms with E-state index in [2.05, 4.69) is 10.6 Å². The molecule has 0 saturated heterocycles. The maximum Gasteiger partial charge on any atom is 0.265 e. The molecule has 3 aromatic carbocycles. The molecule has 3 aromatic rings. The molecule has 0 aliphatic rings. The molecule has 0 radical (unpaired) electrons. The largest absolute Gasteiger partial charge is 0.481 e. The molecule has 0 fully saturated rings. The Hall–Kier alpha value is -3.60. The molecule has 5 heteroatoms. The van der Waals surface area contributed by atoms with Crippen molar-refractivity contribution in [1.29, 1.82) is 0 Å². The van der Waals surface area contributed by atoms with Crippen LogP contribution < -0.4 is 15.4 Å². The summed E-state index contributed by atoms with van der Waals surface area (Å²) in [6, 6.07) is 24.5. The van der Waals surface area contributed by atoms with Crippen molar-refractivity contribution in [3.8, 4) is 5.75 Å². The van der Waals surface area contributed by atoms with E-state index in [9.17, 15) is 9.59 Å². The highest BCUT2D eigenvalue weighted by Gasteiger charge is 2.15. The van der Waals surface area contributed by atoms with Gasteiger partial charge in [0.25, 0.3) is 5.91 Å². The molecule has 0 aliphatic heterocycles. The van der Waals surface area contributed by atoms with Crippen LogP contribution in [0.4, 0.5) is 11.4 Å². The summed E-state index contributed by atoms with van der Waals surface area (Å²) in [4.78, 5) is 24.5. The normalized spacial score (nSPS) is 11.4. The van der Waals surface area contributed by atoms with Crippen molar-refractivity contribution in [3.05, 3.63) is 90.0 Å². The van der Waals surface area contributed by atoms with E-state index in [0.29, 0.717) is 30.0 Å². The number of carbonyl (C=O) groups is 2. The van der Waals surface area contributed by atoms with Crippen LogP contribution >= 0.6 is 0 Å². The van der Waals surface area contributed by atoms with Gasteiger partial charge < -0.3 is 15.4 Å². The summed E-state index contributed by atoms with van der Waals surface area (Å²) < 4.78 is 5.75. The molecule has 0 spiro atoms. The molecule has 2 amide bonds. The molecular formula is C25H26N2O3. The van der Waals surface area contributed by atoms with Crippen molar-refractivity contribution in [3.63, 3.8) is 0 Å². The van der Waals surface area contributed by atoms with Crippen molar-refractivity contribution in [1.82, 2.24) is 0 Å². The van der Waals surface area contributed by atoms with E-state index >= 15 is 0 Å². The van der Waals surface area contributed by atoms with Crippen LogP contribution in [0.2, 0.25) is 0 Å². The number of ether oxygens (including phenoxy) is 1. The predicted octanol–water partition coefficient (Wildman–Crippen LogP) is 4.97. The number of benzene rings is 3. The van der Waals surface area contributed by atoms with E-state index in [1.165, 1.54) is 0 Å². The van der Waals surface area contributed by atoms with Gasteiger partial charge in [-0.15, -0.1) is 0 Å². The third kappa shape index (κ3) is 6.21. The van der Waals surface area contributed by atoms with Gasteiger partial charge >= 0.3 is 0 Å². The second-order valence-electron chi connectivity index (χ2n) is 7.13. The molecular weight excluding hydrogens is 376 g/mol. The lowest BCUT2D eigenvalue weighted by atomic mass is 10.1. The lowest BCUT2D eigenvalue weighted by Gasteiger charge is -2.16. The molecule has 154 valence electrons. The number of amides is 2. The summed E-state index contributed by atoms with van der Waals surface area (Å²) >= 11 is 0. The summed E-state index contributed by atoms with van der Waals surface area (Å²) in [6.07, 6.45) is 0.471. The van der Waals surface area contributed by atoms with Crippen LogP contribution in [0, 0.1) is 6.92 Å². The van der Waals surface area contributed by atoms with Crippen LogP contribution in [0.25, 0.3) is 0 Å². The van der Waals surface area contributed by atoms with Crippen molar-refractivity contribution < 1.29 is 14.3 Å². The minimum absolute atomic E-state index is 0.0455. The van der Waals surface area contributed by atoms with E-state index in [-0.39, 0.29) is 11.8 Å². The van der Waals surface area contributed by atoms with E-state index in [4.69, 9.17) is 4.74 Å². The van der Waals surface area contributed by atoms with E-state index in [0.717, 1.165) is 11.1 Å². The van der Waals surface area contributed by atoms with Gasteiger partial charge in [0.15, 0.2) is 6.10 Å². The zero-order valence-electron chi connectivity index (χ0n) is 17.2. The molecule has 5 nitrogen and oxygen atoms in total. The zero-order chi connectivity index (χ0) is 21.3. The molecule has 0 saturated carbocycles. The van der Waals surface area contributed by atoms with Crippen molar-refractivity contribution in [2.45, 2.75) is 32.8 Å². The van der Waals surface area contributed by atoms with Crippen LogP contribution in [0.5, 0.6) is 5.75 Å². The second-order valence-corrected chi connectivity index (χ2v) is 7.13. The van der Waals surface area contributed by atoms with Gasteiger partial charge in [0.2, 0.25) is 5.91 Å². The maximum absolute atomic E-state index is 12.4. The zero-order valence-corrected chi connectivity index (χ0v) is 17.2. The van der Waals surface area contributed by atoms with Gasteiger partial charge in [0, 0.05) is 17.8 Å². The fourth-order valence-electron chi connectivity index (χ4n) is 2.94. The number of carbonyl (C=O) groups excluding carboxylic acids is 2. The lowest BCUT2D eigenvalue weighted by Crippen LogP contribution is -2.30. The summed E-state index contributed by atoms with van der Waals surface area (Å²) in [5.74, 6) is 0.405. The Bertz CT molecular complexity index is 985. The molecule has 3 rings (SSSR count). The van der Waals surface area contributed by atoms with Crippen LogP contribution in [0.15, 0.2) is 78.9 Å². The summed E-state index contributed by atoms with van der Waals surface area (Å²) in [7, 11) is 0. The Labute approximate surface area is 177 Å². The first-order valence-electron chi connectivity index (χ1n) is 9.98. The Morgan fingerprint density at radius 3 is 2.10 bits per heavy atom. The lowest BCUT2D eigenvalue weighted by molar-refractivity contribution is -0.122.